The van der Waals surface area contributed by atoms with Gasteiger partial charge in [-0.3, -0.25) is 4.79 Å². The first-order valence-corrected chi connectivity index (χ1v) is 9.38. The second-order valence-electron chi connectivity index (χ2n) is 6.27. The molecule has 8 heteroatoms. The Kier molecular flexibility index (Phi) is 6.59. The highest BCUT2D eigenvalue weighted by atomic mass is 35.5. The number of carboxylic acids is 1. The van der Waals surface area contributed by atoms with Gasteiger partial charge in [0, 0.05) is 10.4 Å². The van der Waals surface area contributed by atoms with Gasteiger partial charge < -0.3 is 20.3 Å². The van der Waals surface area contributed by atoms with Crippen LogP contribution in [0.15, 0.2) is 54.6 Å². The number of carbonyl (C=O) groups is 2. The van der Waals surface area contributed by atoms with Crippen LogP contribution in [0.25, 0.3) is 10.8 Å². The minimum atomic E-state index is -1.15. The van der Waals surface area contributed by atoms with Crippen molar-refractivity contribution in [3.8, 4) is 5.75 Å². The Labute approximate surface area is 176 Å². The molecule has 0 radical (unpaired) electrons. The van der Waals surface area contributed by atoms with E-state index in [1.54, 1.807) is 30.3 Å². The lowest BCUT2D eigenvalue weighted by atomic mass is 10.1. The van der Waals surface area contributed by atoms with E-state index < -0.39 is 17.9 Å². The SMILES string of the molecule is O=C(COc1cc(C(=O)O)cc2cc(Cl)cc(Cl)c12)NC(CO)c1ccccc1. The number of ether oxygens (including phenoxy) is 1. The number of aliphatic hydroxyl groups excluding tert-OH is 1. The van der Waals surface area contributed by atoms with Crippen LogP contribution in [0, 0.1) is 0 Å². The molecular weight excluding hydrogens is 417 g/mol. The van der Waals surface area contributed by atoms with Crippen molar-refractivity contribution in [3.05, 3.63) is 75.8 Å². The van der Waals surface area contributed by atoms with Crippen molar-refractivity contribution < 1.29 is 24.5 Å². The fourth-order valence-corrected chi connectivity index (χ4v) is 3.53. The minimum Gasteiger partial charge on any atom is -0.483 e. The average molecular weight is 434 g/mol. The predicted octanol–water partition coefficient (Wildman–Crippen LogP) is 4.07. The zero-order chi connectivity index (χ0) is 21.0. The molecule has 0 aliphatic rings. The van der Waals surface area contributed by atoms with Crippen molar-refractivity contribution in [2.75, 3.05) is 13.2 Å². The third-order valence-electron chi connectivity index (χ3n) is 4.25. The molecule has 3 aromatic rings. The molecule has 0 spiro atoms. The van der Waals surface area contributed by atoms with E-state index in [-0.39, 0.29) is 29.5 Å². The lowest BCUT2D eigenvalue weighted by Gasteiger charge is -2.17. The maximum atomic E-state index is 12.3. The number of fused-ring (bicyclic) bond motifs is 1. The van der Waals surface area contributed by atoms with Crippen molar-refractivity contribution >= 4 is 45.9 Å². The van der Waals surface area contributed by atoms with Crippen molar-refractivity contribution in [2.45, 2.75) is 6.04 Å². The summed E-state index contributed by atoms with van der Waals surface area (Å²) in [6, 6.07) is 14.2. The maximum absolute atomic E-state index is 12.3. The third kappa shape index (κ3) is 4.98. The summed E-state index contributed by atoms with van der Waals surface area (Å²) >= 11 is 12.3. The predicted molar refractivity (Wildman–Crippen MR) is 111 cm³/mol. The van der Waals surface area contributed by atoms with Gasteiger partial charge in [-0.05, 0) is 35.2 Å². The van der Waals surface area contributed by atoms with E-state index in [4.69, 9.17) is 27.9 Å². The highest BCUT2D eigenvalue weighted by molar-refractivity contribution is 6.39. The van der Waals surface area contributed by atoms with Crippen molar-refractivity contribution in [3.63, 3.8) is 0 Å². The number of nitrogens with one attached hydrogen (secondary N) is 1. The van der Waals surface area contributed by atoms with Crippen LogP contribution >= 0.6 is 23.2 Å². The molecule has 3 N–H and O–H groups in total. The molecule has 0 aliphatic carbocycles. The zero-order valence-electron chi connectivity index (χ0n) is 15.1. The summed E-state index contributed by atoms with van der Waals surface area (Å²) in [5.74, 6) is -1.48. The van der Waals surface area contributed by atoms with Gasteiger partial charge in [0.05, 0.1) is 23.2 Å². The Balaban J connectivity index is 1.82. The van der Waals surface area contributed by atoms with Gasteiger partial charge in [-0.15, -0.1) is 0 Å². The smallest absolute Gasteiger partial charge is 0.335 e. The number of hydrogen-bond donors (Lipinski definition) is 3. The second-order valence-corrected chi connectivity index (χ2v) is 7.11. The standard InChI is InChI=1S/C21H17Cl2NO5/c22-15-7-13-6-14(21(27)28)8-18(20(13)16(23)9-15)29-11-19(26)24-17(10-25)12-4-2-1-3-5-12/h1-9,17,25H,10-11H2,(H,24,26)(H,27,28). The first-order valence-electron chi connectivity index (χ1n) is 8.63. The Morgan fingerprint density at radius 2 is 1.79 bits per heavy atom. The lowest BCUT2D eigenvalue weighted by molar-refractivity contribution is -0.124. The van der Waals surface area contributed by atoms with Gasteiger partial charge in [0.1, 0.15) is 5.75 Å². The Hall–Kier alpha value is -2.80. The molecule has 3 rings (SSSR count). The van der Waals surface area contributed by atoms with Gasteiger partial charge in [-0.1, -0.05) is 53.5 Å². The van der Waals surface area contributed by atoms with Gasteiger partial charge >= 0.3 is 5.97 Å². The second kappa shape index (κ2) is 9.13. The fraction of sp³-hybridized carbons (Fsp3) is 0.143. The number of aromatic carboxylic acids is 1. The molecule has 29 heavy (non-hydrogen) atoms. The van der Waals surface area contributed by atoms with Crippen LogP contribution in [-0.4, -0.2) is 35.3 Å². The fourth-order valence-electron chi connectivity index (χ4n) is 2.93. The Morgan fingerprint density at radius 1 is 1.07 bits per heavy atom. The van der Waals surface area contributed by atoms with Crippen LogP contribution in [0.3, 0.4) is 0 Å². The third-order valence-corrected chi connectivity index (χ3v) is 4.77. The van der Waals surface area contributed by atoms with E-state index in [0.29, 0.717) is 15.8 Å². The number of amides is 1. The van der Waals surface area contributed by atoms with Crippen LogP contribution in [0.4, 0.5) is 0 Å². The number of halogens is 2. The molecule has 0 aromatic heterocycles. The number of benzene rings is 3. The zero-order valence-corrected chi connectivity index (χ0v) is 16.6. The molecule has 1 unspecified atom stereocenters. The van der Waals surface area contributed by atoms with Crippen molar-refractivity contribution in [1.29, 1.82) is 0 Å². The van der Waals surface area contributed by atoms with Gasteiger partial charge in [0.15, 0.2) is 6.61 Å². The molecule has 0 saturated carbocycles. The molecule has 150 valence electrons. The maximum Gasteiger partial charge on any atom is 0.335 e. The molecule has 3 aromatic carbocycles. The van der Waals surface area contributed by atoms with Crippen LogP contribution < -0.4 is 10.1 Å². The molecule has 0 saturated heterocycles. The number of carboxylic acid groups (broad SMARTS) is 1. The van der Waals surface area contributed by atoms with E-state index in [2.05, 4.69) is 5.32 Å². The molecule has 0 bridgehead atoms. The van der Waals surface area contributed by atoms with E-state index in [9.17, 15) is 19.8 Å². The number of aliphatic hydroxyl groups is 1. The highest BCUT2D eigenvalue weighted by Crippen LogP contribution is 2.36. The van der Waals surface area contributed by atoms with E-state index >= 15 is 0 Å². The highest BCUT2D eigenvalue weighted by Gasteiger charge is 2.17. The average Bonchev–Trinajstić information content (AvgIpc) is 2.70. The molecule has 1 amide bonds. The number of rotatable bonds is 7. The van der Waals surface area contributed by atoms with E-state index in [1.165, 1.54) is 18.2 Å². The summed E-state index contributed by atoms with van der Waals surface area (Å²) in [6.07, 6.45) is 0. The van der Waals surface area contributed by atoms with Gasteiger partial charge in [0.2, 0.25) is 0 Å². The van der Waals surface area contributed by atoms with E-state index in [0.717, 1.165) is 5.56 Å². The summed E-state index contributed by atoms with van der Waals surface area (Å²) in [6.45, 7) is -0.669. The van der Waals surface area contributed by atoms with Gasteiger partial charge in [0.25, 0.3) is 5.91 Å². The molecule has 0 heterocycles. The molecule has 6 nitrogen and oxygen atoms in total. The van der Waals surface area contributed by atoms with Crippen LogP contribution in [0.5, 0.6) is 5.75 Å². The van der Waals surface area contributed by atoms with Crippen LogP contribution in [-0.2, 0) is 4.79 Å². The van der Waals surface area contributed by atoms with Crippen molar-refractivity contribution in [1.82, 2.24) is 5.32 Å². The largest absolute Gasteiger partial charge is 0.483 e. The topological polar surface area (TPSA) is 95.9 Å². The summed E-state index contributed by atoms with van der Waals surface area (Å²) in [5, 5.41) is 23.1. The normalized spacial score (nSPS) is 11.8. The first-order chi connectivity index (χ1) is 13.9. The number of hydrogen-bond acceptors (Lipinski definition) is 4. The van der Waals surface area contributed by atoms with Gasteiger partial charge in [-0.25, -0.2) is 4.79 Å². The van der Waals surface area contributed by atoms with Crippen LogP contribution in [0.1, 0.15) is 22.0 Å². The summed E-state index contributed by atoms with van der Waals surface area (Å²) in [4.78, 5) is 23.8. The summed E-state index contributed by atoms with van der Waals surface area (Å²) < 4.78 is 5.59. The van der Waals surface area contributed by atoms with Crippen molar-refractivity contribution in [2.24, 2.45) is 0 Å². The minimum absolute atomic E-state index is 0.0243. The molecule has 1 atom stereocenters. The number of carbonyl (C=O) groups excluding carboxylic acids is 1. The lowest BCUT2D eigenvalue weighted by Crippen LogP contribution is -2.34. The summed E-state index contributed by atoms with van der Waals surface area (Å²) in [5.41, 5.74) is 0.725. The summed E-state index contributed by atoms with van der Waals surface area (Å²) in [7, 11) is 0. The first kappa shape index (κ1) is 20.9. The molecular formula is C21H17Cl2NO5. The Bertz CT molecular complexity index is 1060. The van der Waals surface area contributed by atoms with Gasteiger partial charge in [-0.2, -0.15) is 0 Å². The monoisotopic (exact) mass is 433 g/mol. The molecule has 0 aliphatic heterocycles. The quantitative estimate of drug-likeness (QED) is 0.521. The van der Waals surface area contributed by atoms with Crippen LogP contribution in [0.2, 0.25) is 10.0 Å². The molecule has 0 fully saturated rings. The Morgan fingerprint density at radius 3 is 2.45 bits per heavy atom. The van der Waals surface area contributed by atoms with E-state index in [1.807, 2.05) is 6.07 Å².